The van der Waals surface area contributed by atoms with Crippen LogP contribution in [0.1, 0.15) is 6.92 Å². The van der Waals surface area contributed by atoms with Gasteiger partial charge in [0.15, 0.2) is 0 Å². The lowest BCUT2D eigenvalue weighted by molar-refractivity contribution is -0.122. The number of hydrogen-bond donors (Lipinski definition) is 1. The molecule has 0 aromatic carbocycles. The van der Waals surface area contributed by atoms with Crippen LogP contribution in [0.25, 0.3) is 0 Å². The van der Waals surface area contributed by atoms with E-state index in [1.807, 2.05) is 17.9 Å². The minimum Gasteiger partial charge on any atom is -0.355 e. The molecule has 1 aromatic rings. The van der Waals surface area contributed by atoms with Crippen molar-refractivity contribution in [1.82, 2.24) is 15.2 Å². The summed E-state index contributed by atoms with van der Waals surface area (Å²) in [7, 11) is 0. The van der Waals surface area contributed by atoms with E-state index in [2.05, 4.69) is 15.2 Å². The average Bonchev–Trinajstić information content (AvgIpc) is 2.40. The zero-order valence-corrected chi connectivity index (χ0v) is 11.1. The van der Waals surface area contributed by atoms with E-state index in [0.717, 1.165) is 26.2 Å². The van der Waals surface area contributed by atoms with Gasteiger partial charge in [0.05, 0.1) is 6.54 Å². The molecule has 1 fully saturated rings. The largest absolute Gasteiger partial charge is 0.355 e. The van der Waals surface area contributed by atoms with Crippen molar-refractivity contribution >= 4 is 11.7 Å². The van der Waals surface area contributed by atoms with Crippen molar-refractivity contribution in [3.63, 3.8) is 0 Å². The highest BCUT2D eigenvalue weighted by Gasteiger charge is 2.19. The number of halogens is 1. The van der Waals surface area contributed by atoms with Crippen molar-refractivity contribution in [2.24, 2.45) is 0 Å². The maximum Gasteiger partial charge on any atom is 0.234 e. The summed E-state index contributed by atoms with van der Waals surface area (Å²) in [5.41, 5.74) is 0. The molecule has 2 heterocycles. The number of likely N-dealkylation sites (N-methyl/N-ethyl adjacent to an activating group) is 1. The van der Waals surface area contributed by atoms with E-state index in [-0.39, 0.29) is 5.91 Å². The Morgan fingerprint density at radius 1 is 1.37 bits per heavy atom. The van der Waals surface area contributed by atoms with Gasteiger partial charge in [0.2, 0.25) is 11.9 Å². The molecule has 1 saturated heterocycles. The predicted molar refractivity (Wildman–Crippen MR) is 71.5 cm³/mol. The monoisotopic (exact) mass is 266 g/mol. The molecule has 1 amide bonds. The second-order valence-electron chi connectivity index (χ2n) is 4.54. The minimum absolute atomic E-state index is 0.0554. The van der Waals surface area contributed by atoms with Crippen molar-refractivity contribution in [1.29, 1.82) is 0 Å². The number of pyridine rings is 1. The SMILES string of the molecule is CCNC(=O)CN1CCN(c2cccc(F)n2)CC1. The second-order valence-corrected chi connectivity index (χ2v) is 4.54. The summed E-state index contributed by atoms with van der Waals surface area (Å²) < 4.78 is 13.1. The van der Waals surface area contributed by atoms with Gasteiger partial charge in [-0.1, -0.05) is 6.07 Å². The molecule has 0 radical (unpaired) electrons. The van der Waals surface area contributed by atoms with Crippen molar-refractivity contribution in [3.05, 3.63) is 24.1 Å². The topological polar surface area (TPSA) is 48.5 Å². The Labute approximate surface area is 112 Å². The first-order valence-electron chi connectivity index (χ1n) is 6.55. The molecule has 6 heteroatoms. The Bertz CT molecular complexity index is 432. The van der Waals surface area contributed by atoms with Crippen LogP contribution in [-0.4, -0.2) is 55.1 Å². The number of rotatable bonds is 4. The maximum atomic E-state index is 13.1. The van der Waals surface area contributed by atoms with E-state index in [1.165, 1.54) is 6.07 Å². The minimum atomic E-state index is -0.456. The van der Waals surface area contributed by atoms with Gasteiger partial charge >= 0.3 is 0 Å². The first-order valence-corrected chi connectivity index (χ1v) is 6.55. The Balaban J connectivity index is 1.84. The Hall–Kier alpha value is -1.69. The van der Waals surface area contributed by atoms with Crippen LogP contribution in [0, 0.1) is 5.95 Å². The third-order valence-corrected chi connectivity index (χ3v) is 3.14. The summed E-state index contributed by atoms with van der Waals surface area (Å²) in [5, 5.41) is 2.79. The highest BCUT2D eigenvalue weighted by atomic mass is 19.1. The van der Waals surface area contributed by atoms with Crippen LogP contribution in [0.3, 0.4) is 0 Å². The number of nitrogens with one attached hydrogen (secondary N) is 1. The summed E-state index contributed by atoms with van der Waals surface area (Å²) in [6, 6.07) is 4.82. The molecule has 0 spiro atoms. The van der Waals surface area contributed by atoms with Gasteiger partial charge < -0.3 is 10.2 Å². The summed E-state index contributed by atoms with van der Waals surface area (Å²) in [6.45, 7) is 6.09. The number of hydrogen-bond acceptors (Lipinski definition) is 4. The predicted octanol–water partition coefficient (Wildman–Crippen LogP) is 0.479. The highest BCUT2D eigenvalue weighted by Crippen LogP contribution is 2.13. The van der Waals surface area contributed by atoms with Crippen molar-refractivity contribution < 1.29 is 9.18 Å². The van der Waals surface area contributed by atoms with Gasteiger partial charge in [-0.05, 0) is 19.1 Å². The number of amides is 1. The molecule has 19 heavy (non-hydrogen) atoms. The van der Waals surface area contributed by atoms with Crippen LogP contribution in [0.15, 0.2) is 18.2 Å². The average molecular weight is 266 g/mol. The van der Waals surface area contributed by atoms with E-state index in [1.54, 1.807) is 6.07 Å². The van der Waals surface area contributed by atoms with Gasteiger partial charge in [-0.15, -0.1) is 0 Å². The lowest BCUT2D eigenvalue weighted by Crippen LogP contribution is -2.49. The number of anilines is 1. The zero-order valence-electron chi connectivity index (χ0n) is 11.1. The number of aromatic nitrogens is 1. The Kier molecular flexibility index (Phi) is 4.68. The first kappa shape index (κ1) is 13.7. The molecule has 2 rings (SSSR count). The van der Waals surface area contributed by atoms with Gasteiger partial charge in [-0.2, -0.15) is 4.39 Å². The number of carbonyl (C=O) groups excluding carboxylic acids is 1. The summed E-state index contributed by atoms with van der Waals surface area (Å²) in [5.74, 6) is 0.264. The maximum absolute atomic E-state index is 13.1. The van der Waals surface area contributed by atoms with Crippen LogP contribution in [0.2, 0.25) is 0 Å². The summed E-state index contributed by atoms with van der Waals surface area (Å²) in [4.78, 5) is 19.5. The molecular weight excluding hydrogens is 247 g/mol. The molecule has 0 bridgehead atoms. The van der Waals surface area contributed by atoms with Crippen molar-refractivity contribution in [3.8, 4) is 0 Å². The van der Waals surface area contributed by atoms with Crippen molar-refractivity contribution in [2.75, 3.05) is 44.2 Å². The van der Waals surface area contributed by atoms with E-state index in [4.69, 9.17) is 0 Å². The van der Waals surface area contributed by atoms with E-state index >= 15 is 0 Å². The molecule has 1 aromatic heterocycles. The van der Waals surface area contributed by atoms with Crippen LogP contribution in [0.4, 0.5) is 10.2 Å². The Morgan fingerprint density at radius 2 is 2.11 bits per heavy atom. The third kappa shape index (κ3) is 3.89. The quantitative estimate of drug-likeness (QED) is 0.805. The highest BCUT2D eigenvalue weighted by molar-refractivity contribution is 5.77. The Morgan fingerprint density at radius 3 is 2.74 bits per heavy atom. The van der Waals surface area contributed by atoms with E-state index in [9.17, 15) is 9.18 Å². The first-order chi connectivity index (χ1) is 9.19. The number of piperazine rings is 1. The fourth-order valence-corrected chi connectivity index (χ4v) is 2.16. The van der Waals surface area contributed by atoms with Crippen LogP contribution >= 0.6 is 0 Å². The molecule has 0 unspecified atom stereocenters. The second kappa shape index (κ2) is 6.47. The standard InChI is InChI=1S/C13H19FN4O/c1-2-15-13(19)10-17-6-8-18(9-7-17)12-5-3-4-11(14)16-12/h3-5H,2,6-10H2,1H3,(H,15,19). The molecule has 0 aliphatic carbocycles. The fourth-order valence-electron chi connectivity index (χ4n) is 2.16. The number of nitrogens with zero attached hydrogens (tertiary/aromatic N) is 3. The lowest BCUT2D eigenvalue weighted by atomic mass is 10.3. The van der Waals surface area contributed by atoms with Crippen LogP contribution < -0.4 is 10.2 Å². The van der Waals surface area contributed by atoms with Gasteiger partial charge in [0.25, 0.3) is 0 Å². The smallest absolute Gasteiger partial charge is 0.234 e. The molecule has 1 aliphatic heterocycles. The van der Waals surface area contributed by atoms with Crippen LogP contribution in [0.5, 0.6) is 0 Å². The number of carbonyl (C=O) groups is 1. The van der Waals surface area contributed by atoms with Crippen molar-refractivity contribution in [2.45, 2.75) is 6.92 Å². The molecule has 1 aliphatic rings. The summed E-state index contributed by atoms with van der Waals surface area (Å²) in [6.07, 6.45) is 0. The van der Waals surface area contributed by atoms with E-state index in [0.29, 0.717) is 18.9 Å². The van der Waals surface area contributed by atoms with Gasteiger partial charge in [0, 0.05) is 32.7 Å². The van der Waals surface area contributed by atoms with Gasteiger partial charge in [-0.25, -0.2) is 4.98 Å². The molecule has 1 N–H and O–H groups in total. The molecule has 104 valence electrons. The molecule has 5 nitrogen and oxygen atoms in total. The van der Waals surface area contributed by atoms with Gasteiger partial charge in [0.1, 0.15) is 5.82 Å². The fraction of sp³-hybridized carbons (Fsp3) is 0.538. The zero-order chi connectivity index (χ0) is 13.7. The third-order valence-electron chi connectivity index (χ3n) is 3.14. The van der Waals surface area contributed by atoms with Crippen LogP contribution in [-0.2, 0) is 4.79 Å². The summed E-state index contributed by atoms with van der Waals surface area (Å²) >= 11 is 0. The normalized spacial score (nSPS) is 16.4. The molecule has 0 saturated carbocycles. The van der Waals surface area contributed by atoms with E-state index < -0.39 is 5.95 Å². The van der Waals surface area contributed by atoms with Gasteiger partial charge in [-0.3, -0.25) is 9.69 Å². The molecule has 0 atom stereocenters. The lowest BCUT2D eigenvalue weighted by Gasteiger charge is -2.34. The molecular formula is C13H19FN4O.